The summed E-state index contributed by atoms with van der Waals surface area (Å²) in [5.41, 5.74) is 5.93. The molecule has 1 saturated heterocycles. The van der Waals surface area contributed by atoms with Gasteiger partial charge in [0.1, 0.15) is 6.04 Å². The van der Waals surface area contributed by atoms with Crippen LogP contribution < -0.4 is 5.73 Å². The van der Waals surface area contributed by atoms with Crippen LogP contribution in [-0.4, -0.2) is 42.6 Å². The summed E-state index contributed by atoms with van der Waals surface area (Å²) in [6.45, 7) is 8.07. The number of carbonyl (C=O) groups is 1. The Morgan fingerprint density at radius 1 is 1.60 bits per heavy atom. The van der Waals surface area contributed by atoms with Crippen molar-refractivity contribution in [2.45, 2.75) is 39.3 Å². The van der Waals surface area contributed by atoms with Crippen molar-refractivity contribution in [3.8, 4) is 0 Å². The van der Waals surface area contributed by atoms with E-state index >= 15 is 0 Å². The molecule has 3 unspecified atom stereocenters. The molecule has 88 valence electrons. The molecule has 4 heteroatoms. The van der Waals surface area contributed by atoms with E-state index in [1.54, 1.807) is 0 Å². The van der Waals surface area contributed by atoms with E-state index in [1.807, 2.05) is 13.8 Å². The van der Waals surface area contributed by atoms with Gasteiger partial charge in [0.25, 0.3) is 0 Å². The van der Waals surface area contributed by atoms with Crippen LogP contribution in [0.4, 0.5) is 0 Å². The average molecular weight is 214 g/mol. The van der Waals surface area contributed by atoms with Gasteiger partial charge < -0.3 is 10.5 Å². The van der Waals surface area contributed by atoms with E-state index in [0.717, 1.165) is 19.5 Å². The summed E-state index contributed by atoms with van der Waals surface area (Å²) < 4.78 is 5.01. The number of rotatable bonds is 3. The van der Waals surface area contributed by atoms with Crippen molar-refractivity contribution in [2.75, 3.05) is 19.7 Å². The van der Waals surface area contributed by atoms with E-state index < -0.39 is 0 Å². The van der Waals surface area contributed by atoms with Gasteiger partial charge in [-0.3, -0.25) is 9.69 Å². The highest BCUT2D eigenvalue weighted by Gasteiger charge is 2.29. The average Bonchev–Trinajstić information content (AvgIpc) is 2.15. The van der Waals surface area contributed by atoms with Gasteiger partial charge >= 0.3 is 5.97 Å². The van der Waals surface area contributed by atoms with Crippen LogP contribution in [0.25, 0.3) is 0 Å². The lowest BCUT2D eigenvalue weighted by molar-refractivity contribution is -0.149. The van der Waals surface area contributed by atoms with Gasteiger partial charge in [0, 0.05) is 19.1 Å². The molecule has 15 heavy (non-hydrogen) atoms. The molecular weight excluding hydrogens is 192 g/mol. The van der Waals surface area contributed by atoms with Crippen LogP contribution in [0.15, 0.2) is 0 Å². The molecule has 0 aliphatic carbocycles. The van der Waals surface area contributed by atoms with Crippen LogP contribution in [0.1, 0.15) is 27.2 Å². The number of nitrogens with two attached hydrogens (primary N) is 1. The molecule has 1 aliphatic rings. The van der Waals surface area contributed by atoms with Gasteiger partial charge in [-0.05, 0) is 26.2 Å². The van der Waals surface area contributed by atoms with Crippen LogP contribution in [0.5, 0.6) is 0 Å². The molecule has 0 aromatic heterocycles. The van der Waals surface area contributed by atoms with Crippen LogP contribution in [-0.2, 0) is 9.53 Å². The van der Waals surface area contributed by atoms with Crippen LogP contribution >= 0.6 is 0 Å². The molecule has 1 aliphatic heterocycles. The topological polar surface area (TPSA) is 55.6 Å². The summed E-state index contributed by atoms with van der Waals surface area (Å²) in [4.78, 5) is 13.7. The number of hydrogen-bond donors (Lipinski definition) is 1. The van der Waals surface area contributed by atoms with Crippen molar-refractivity contribution >= 4 is 5.97 Å². The van der Waals surface area contributed by atoms with Crippen LogP contribution in [0.2, 0.25) is 0 Å². The Hall–Kier alpha value is -0.610. The Morgan fingerprint density at radius 3 is 2.80 bits per heavy atom. The molecule has 0 aromatic rings. The first kappa shape index (κ1) is 12.5. The molecule has 0 amide bonds. The number of nitrogens with zero attached hydrogens (tertiary/aromatic N) is 1. The third kappa shape index (κ3) is 3.47. The fourth-order valence-corrected chi connectivity index (χ4v) is 2.17. The van der Waals surface area contributed by atoms with Crippen molar-refractivity contribution in [3.05, 3.63) is 0 Å². The molecule has 0 spiro atoms. The molecule has 0 aromatic carbocycles. The van der Waals surface area contributed by atoms with Gasteiger partial charge in [-0.15, -0.1) is 0 Å². The number of hydrogen-bond acceptors (Lipinski definition) is 4. The summed E-state index contributed by atoms with van der Waals surface area (Å²) in [5, 5.41) is 0. The van der Waals surface area contributed by atoms with E-state index in [0.29, 0.717) is 12.5 Å². The minimum Gasteiger partial charge on any atom is -0.465 e. The van der Waals surface area contributed by atoms with E-state index in [9.17, 15) is 4.79 Å². The Morgan fingerprint density at radius 2 is 2.27 bits per heavy atom. The lowest BCUT2D eigenvalue weighted by atomic mass is 9.95. The zero-order valence-corrected chi connectivity index (χ0v) is 9.90. The second-order valence-electron chi connectivity index (χ2n) is 4.48. The molecule has 1 rings (SSSR count). The van der Waals surface area contributed by atoms with E-state index in [1.165, 1.54) is 0 Å². The molecule has 2 N–H and O–H groups in total. The first-order valence-corrected chi connectivity index (χ1v) is 5.70. The van der Waals surface area contributed by atoms with E-state index in [-0.39, 0.29) is 18.1 Å². The monoisotopic (exact) mass is 214 g/mol. The molecule has 1 fully saturated rings. The predicted molar refractivity (Wildman–Crippen MR) is 59.4 cm³/mol. The minimum atomic E-state index is -0.168. The standard InChI is InChI=1S/C11H22N2O2/c1-4-15-11(14)9(3)13-6-8(2)5-10(12)7-13/h8-10H,4-7,12H2,1-3H3. The summed E-state index contributed by atoms with van der Waals surface area (Å²) in [5.74, 6) is 0.421. The third-order valence-corrected chi connectivity index (χ3v) is 2.90. The van der Waals surface area contributed by atoms with Gasteiger partial charge in [-0.25, -0.2) is 0 Å². The van der Waals surface area contributed by atoms with Gasteiger partial charge in [-0.2, -0.15) is 0 Å². The Kier molecular flexibility index (Phi) is 4.54. The first-order chi connectivity index (χ1) is 7.04. The first-order valence-electron chi connectivity index (χ1n) is 5.70. The molecule has 1 heterocycles. The van der Waals surface area contributed by atoms with E-state index in [2.05, 4.69) is 11.8 Å². The second kappa shape index (κ2) is 5.47. The van der Waals surface area contributed by atoms with Gasteiger partial charge in [-0.1, -0.05) is 6.92 Å². The van der Waals surface area contributed by atoms with Crippen molar-refractivity contribution in [3.63, 3.8) is 0 Å². The molecule has 4 nitrogen and oxygen atoms in total. The molecule has 3 atom stereocenters. The van der Waals surface area contributed by atoms with Crippen molar-refractivity contribution in [2.24, 2.45) is 11.7 Å². The molecule has 0 bridgehead atoms. The van der Waals surface area contributed by atoms with Crippen molar-refractivity contribution < 1.29 is 9.53 Å². The van der Waals surface area contributed by atoms with Crippen LogP contribution in [0.3, 0.4) is 0 Å². The highest BCUT2D eigenvalue weighted by Crippen LogP contribution is 2.17. The largest absolute Gasteiger partial charge is 0.465 e. The lowest BCUT2D eigenvalue weighted by Gasteiger charge is -2.37. The highest BCUT2D eigenvalue weighted by atomic mass is 16.5. The summed E-state index contributed by atoms with van der Waals surface area (Å²) in [6.07, 6.45) is 1.05. The van der Waals surface area contributed by atoms with Crippen LogP contribution in [0, 0.1) is 5.92 Å². The molecule has 0 radical (unpaired) electrons. The Bertz CT molecular complexity index is 211. The third-order valence-electron chi connectivity index (χ3n) is 2.90. The Labute approximate surface area is 91.8 Å². The molecule has 0 saturated carbocycles. The zero-order valence-electron chi connectivity index (χ0n) is 9.90. The number of ether oxygens (including phenoxy) is 1. The van der Waals surface area contributed by atoms with Gasteiger partial charge in [0.15, 0.2) is 0 Å². The van der Waals surface area contributed by atoms with Gasteiger partial charge in [0.2, 0.25) is 0 Å². The summed E-state index contributed by atoms with van der Waals surface area (Å²) in [6, 6.07) is 0.0179. The normalized spacial score (nSPS) is 29.9. The number of esters is 1. The highest BCUT2D eigenvalue weighted by molar-refractivity contribution is 5.75. The zero-order chi connectivity index (χ0) is 11.4. The van der Waals surface area contributed by atoms with Crippen molar-refractivity contribution in [1.29, 1.82) is 0 Å². The van der Waals surface area contributed by atoms with Gasteiger partial charge in [0.05, 0.1) is 6.61 Å². The number of likely N-dealkylation sites (tertiary alicyclic amines) is 1. The maximum Gasteiger partial charge on any atom is 0.323 e. The maximum atomic E-state index is 11.6. The predicted octanol–water partition coefficient (Wildman–Crippen LogP) is 0.607. The summed E-state index contributed by atoms with van der Waals surface area (Å²) >= 11 is 0. The fraction of sp³-hybridized carbons (Fsp3) is 0.909. The number of carbonyl (C=O) groups excluding carboxylic acids is 1. The minimum absolute atomic E-state index is 0.140. The summed E-state index contributed by atoms with van der Waals surface area (Å²) in [7, 11) is 0. The number of piperidine rings is 1. The van der Waals surface area contributed by atoms with E-state index in [4.69, 9.17) is 10.5 Å². The SMILES string of the molecule is CCOC(=O)C(C)N1CC(C)CC(N)C1. The smallest absolute Gasteiger partial charge is 0.323 e. The lowest BCUT2D eigenvalue weighted by Crippen LogP contribution is -2.52. The Balaban J connectivity index is 2.51. The van der Waals surface area contributed by atoms with Crippen molar-refractivity contribution in [1.82, 2.24) is 4.90 Å². The molecular formula is C11H22N2O2. The quantitative estimate of drug-likeness (QED) is 0.699. The second-order valence-corrected chi connectivity index (χ2v) is 4.48. The fourth-order valence-electron chi connectivity index (χ4n) is 2.17. The maximum absolute atomic E-state index is 11.6.